The maximum absolute atomic E-state index is 11.9. The Kier molecular flexibility index (Phi) is 5.67. The van der Waals surface area contributed by atoms with Gasteiger partial charge in [-0.1, -0.05) is 30.9 Å². The van der Waals surface area contributed by atoms with Gasteiger partial charge in [-0.05, 0) is 31.7 Å². The first-order valence-corrected chi connectivity index (χ1v) is 7.76. The lowest BCUT2D eigenvalue weighted by Gasteiger charge is -2.22. The first-order valence-electron chi connectivity index (χ1n) is 7.39. The summed E-state index contributed by atoms with van der Waals surface area (Å²) in [5.74, 6) is -0.290. The number of halogens is 1. The van der Waals surface area contributed by atoms with Crippen molar-refractivity contribution in [1.82, 2.24) is 10.3 Å². The Balaban J connectivity index is 1.75. The molecule has 0 spiro atoms. The summed E-state index contributed by atoms with van der Waals surface area (Å²) >= 11 is 5.72. The van der Waals surface area contributed by atoms with Crippen LogP contribution in [0.3, 0.4) is 0 Å². The van der Waals surface area contributed by atoms with Gasteiger partial charge in [-0.3, -0.25) is 4.79 Å². The third-order valence-corrected chi connectivity index (χ3v) is 4.03. The fraction of sp³-hybridized carbons (Fsp3) is 0.600. The van der Waals surface area contributed by atoms with Crippen LogP contribution in [-0.2, 0) is 9.53 Å². The number of hydrogen-bond acceptors (Lipinski definition) is 3. The van der Waals surface area contributed by atoms with Gasteiger partial charge in [0.05, 0.1) is 5.02 Å². The largest absolute Gasteiger partial charge is 0.448 e. The Morgan fingerprint density at radius 1 is 1.43 bits per heavy atom. The van der Waals surface area contributed by atoms with Gasteiger partial charge >= 0.3 is 5.97 Å². The lowest BCUT2D eigenvalue weighted by atomic mass is 9.89. The number of aromatic amines is 1. The molecule has 21 heavy (non-hydrogen) atoms. The van der Waals surface area contributed by atoms with Crippen molar-refractivity contribution >= 4 is 23.5 Å². The van der Waals surface area contributed by atoms with Crippen LogP contribution in [0.2, 0.25) is 5.02 Å². The molecule has 2 N–H and O–H groups in total. The maximum atomic E-state index is 11.9. The van der Waals surface area contributed by atoms with Crippen LogP contribution in [0.5, 0.6) is 0 Å². The third-order valence-electron chi connectivity index (χ3n) is 3.81. The average Bonchev–Trinajstić information content (AvgIpc) is 2.92. The van der Waals surface area contributed by atoms with Crippen LogP contribution < -0.4 is 5.32 Å². The number of amides is 1. The molecule has 1 atom stereocenters. The van der Waals surface area contributed by atoms with Gasteiger partial charge in [0, 0.05) is 12.7 Å². The van der Waals surface area contributed by atoms with Gasteiger partial charge in [0.2, 0.25) is 0 Å². The van der Waals surface area contributed by atoms with Gasteiger partial charge in [0.1, 0.15) is 5.69 Å². The molecule has 0 saturated heterocycles. The summed E-state index contributed by atoms with van der Waals surface area (Å²) in [5, 5.41) is 3.29. The molecule has 1 fully saturated rings. The fourth-order valence-corrected chi connectivity index (χ4v) is 2.71. The van der Waals surface area contributed by atoms with Crippen LogP contribution in [0.25, 0.3) is 0 Å². The van der Waals surface area contributed by atoms with E-state index in [4.69, 9.17) is 16.3 Å². The first kappa shape index (κ1) is 15.9. The number of aromatic nitrogens is 1. The van der Waals surface area contributed by atoms with Crippen molar-refractivity contribution in [2.24, 2.45) is 5.92 Å². The number of esters is 1. The van der Waals surface area contributed by atoms with E-state index in [1.54, 1.807) is 6.92 Å². The Bertz CT molecular complexity index is 495. The molecule has 0 unspecified atom stereocenters. The lowest BCUT2D eigenvalue weighted by Crippen LogP contribution is -2.38. The first-order chi connectivity index (χ1) is 10.1. The second-order valence-corrected chi connectivity index (χ2v) is 5.96. The number of nitrogens with one attached hydrogen (secondary N) is 2. The maximum Gasteiger partial charge on any atom is 0.355 e. The molecule has 1 heterocycles. The van der Waals surface area contributed by atoms with Gasteiger partial charge in [0.15, 0.2) is 6.10 Å². The van der Waals surface area contributed by atoms with E-state index in [0.717, 1.165) is 12.8 Å². The van der Waals surface area contributed by atoms with Crippen molar-refractivity contribution < 1.29 is 14.3 Å². The topological polar surface area (TPSA) is 71.2 Å². The highest BCUT2D eigenvalue weighted by Crippen LogP contribution is 2.22. The van der Waals surface area contributed by atoms with E-state index in [9.17, 15) is 9.59 Å². The molecule has 2 rings (SSSR count). The quantitative estimate of drug-likeness (QED) is 0.821. The minimum absolute atomic E-state index is 0.243. The molecule has 0 bridgehead atoms. The van der Waals surface area contributed by atoms with Crippen LogP contribution in [0.4, 0.5) is 0 Å². The van der Waals surface area contributed by atoms with E-state index in [-0.39, 0.29) is 11.6 Å². The zero-order chi connectivity index (χ0) is 15.2. The Morgan fingerprint density at radius 3 is 2.76 bits per heavy atom. The number of rotatable bonds is 5. The highest BCUT2D eigenvalue weighted by atomic mass is 35.5. The molecule has 1 amide bonds. The highest BCUT2D eigenvalue weighted by Gasteiger charge is 2.21. The van der Waals surface area contributed by atoms with E-state index < -0.39 is 12.1 Å². The molecule has 1 aromatic heterocycles. The van der Waals surface area contributed by atoms with Gasteiger partial charge in [0.25, 0.3) is 5.91 Å². The summed E-state index contributed by atoms with van der Waals surface area (Å²) < 4.78 is 5.11. The smallest absolute Gasteiger partial charge is 0.355 e. The van der Waals surface area contributed by atoms with Gasteiger partial charge in [-0.2, -0.15) is 0 Å². The molecular formula is C15H21ClN2O3. The van der Waals surface area contributed by atoms with E-state index >= 15 is 0 Å². The van der Waals surface area contributed by atoms with Gasteiger partial charge in [-0.15, -0.1) is 0 Å². The Morgan fingerprint density at radius 2 is 2.14 bits per heavy atom. The second-order valence-electron chi connectivity index (χ2n) is 5.53. The number of ether oxygens (including phenoxy) is 1. The highest BCUT2D eigenvalue weighted by molar-refractivity contribution is 6.30. The summed E-state index contributed by atoms with van der Waals surface area (Å²) in [6, 6.07) is 1.47. The fourth-order valence-electron chi connectivity index (χ4n) is 2.54. The number of H-pyrrole nitrogens is 1. The molecule has 116 valence electrons. The van der Waals surface area contributed by atoms with Crippen molar-refractivity contribution in [3.8, 4) is 0 Å². The average molecular weight is 313 g/mol. The molecule has 0 aromatic carbocycles. The minimum atomic E-state index is -0.817. The number of carbonyl (C=O) groups is 2. The summed E-state index contributed by atoms with van der Waals surface area (Å²) in [7, 11) is 0. The molecule has 1 aromatic rings. The molecule has 1 aliphatic rings. The summed E-state index contributed by atoms with van der Waals surface area (Å²) in [6.07, 6.45) is 6.76. The number of hydrogen-bond donors (Lipinski definition) is 2. The molecule has 0 radical (unpaired) electrons. The summed E-state index contributed by atoms with van der Waals surface area (Å²) in [6.45, 7) is 2.23. The van der Waals surface area contributed by atoms with Gasteiger partial charge < -0.3 is 15.0 Å². The Hall–Kier alpha value is -1.49. The third kappa shape index (κ3) is 4.77. The summed E-state index contributed by atoms with van der Waals surface area (Å²) in [4.78, 5) is 26.4. The van der Waals surface area contributed by atoms with Crippen LogP contribution >= 0.6 is 11.6 Å². The zero-order valence-electron chi connectivity index (χ0n) is 12.2. The molecule has 6 heteroatoms. The Labute approximate surface area is 129 Å². The van der Waals surface area contributed by atoms with Crippen molar-refractivity contribution in [1.29, 1.82) is 0 Å². The number of carbonyl (C=O) groups excluding carboxylic acids is 2. The van der Waals surface area contributed by atoms with Crippen LogP contribution in [0.15, 0.2) is 12.3 Å². The monoisotopic (exact) mass is 312 g/mol. The van der Waals surface area contributed by atoms with Crippen LogP contribution in [-0.4, -0.2) is 29.5 Å². The molecular weight excluding hydrogens is 292 g/mol. The zero-order valence-corrected chi connectivity index (χ0v) is 12.9. The van der Waals surface area contributed by atoms with E-state index in [1.165, 1.54) is 31.5 Å². The van der Waals surface area contributed by atoms with Gasteiger partial charge in [-0.25, -0.2) is 4.79 Å². The molecule has 0 aliphatic heterocycles. The van der Waals surface area contributed by atoms with E-state index in [1.807, 2.05) is 0 Å². The normalized spacial score (nSPS) is 17.2. The molecule has 1 aliphatic carbocycles. The molecule has 1 saturated carbocycles. The summed E-state index contributed by atoms with van der Waals surface area (Å²) in [5.41, 5.74) is 0.243. The molecule has 5 nitrogen and oxygen atoms in total. The van der Waals surface area contributed by atoms with E-state index in [2.05, 4.69) is 10.3 Å². The van der Waals surface area contributed by atoms with Crippen LogP contribution in [0, 0.1) is 5.92 Å². The predicted octanol–water partition coefficient (Wildman–Crippen LogP) is 2.91. The predicted molar refractivity (Wildman–Crippen MR) is 80.3 cm³/mol. The van der Waals surface area contributed by atoms with Crippen LogP contribution in [0.1, 0.15) is 49.5 Å². The SMILES string of the molecule is C[C@@H](OC(=O)c1cc(Cl)c[nH]1)C(=O)NCC1CCCCC1. The lowest BCUT2D eigenvalue weighted by molar-refractivity contribution is -0.129. The standard InChI is InChI=1S/C15H21ClN2O3/c1-10(21-15(20)13-7-12(16)9-17-13)14(19)18-8-11-5-3-2-4-6-11/h7,9-11,17H,2-6,8H2,1H3,(H,18,19)/t10-/m1/s1. The van der Waals surface area contributed by atoms with Crippen molar-refractivity contribution in [3.63, 3.8) is 0 Å². The minimum Gasteiger partial charge on any atom is -0.448 e. The van der Waals surface area contributed by atoms with Crippen molar-refractivity contribution in [2.45, 2.75) is 45.1 Å². The second kappa shape index (κ2) is 7.50. The van der Waals surface area contributed by atoms with Crippen molar-refractivity contribution in [2.75, 3.05) is 6.54 Å². The van der Waals surface area contributed by atoms with Crippen molar-refractivity contribution in [3.05, 3.63) is 23.0 Å². The van der Waals surface area contributed by atoms with E-state index in [0.29, 0.717) is 17.5 Å².